The average Bonchev–Trinajstić information content (AvgIpc) is 2.41. The summed E-state index contributed by atoms with van der Waals surface area (Å²) in [5.74, 6) is -0.279. The van der Waals surface area contributed by atoms with Crippen molar-refractivity contribution in [1.29, 1.82) is 0 Å². The van der Waals surface area contributed by atoms with Gasteiger partial charge < -0.3 is 10.0 Å². The van der Waals surface area contributed by atoms with Crippen LogP contribution in [-0.2, 0) is 6.54 Å². The summed E-state index contributed by atoms with van der Waals surface area (Å²) in [5, 5.41) is 9.89. The molecule has 0 aliphatic heterocycles. The number of hydrogen-bond acceptors (Lipinski definition) is 2. The van der Waals surface area contributed by atoms with E-state index < -0.39 is 6.10 Å². The summed E-state index contributed by atoms with van der Waals surface area (Å²) in [6, 6.07) is 11.5. The van der Waals surface area contributed by atoms with Crippen molar-refractivity contribution in [2.45, 2.75) is 33.4 Å². The first kappa shape index (κ1) is 15.5. The zero-order chi connectivity index (χ0) is 15.6. The van der Waals surface area contributed by atoms with Gasteiger partial charge in [-0.25, -0.2) is 4.39 Å². The molecule has 2 rings (SSSR count). The fourth-order valence-electron chi connectivity index (χ4n) is 2.52. The molecule has 0 aromatic heterocycles. The van der Waals surface area contributed by atoms with E-state index in [9.17, 15) is 9.50 Å². The van der Waals surface area contributed by atoms with Crippen LogP contribution in [0.15, 0.2) is 36.4 Å². The molecule has 3 heteroatoms. The van der Waals surface area contributed by atoms with Crippen LogP contribution in [0.2, 0.25) is 0 Å². The van der Waals surface area contributed by atoms with Gasteiger partial charge in [-0.05, 0) is 44.0 Å². The van der Waals surface area contributed by atoms with E-state index in [-0.39, 0.29) is 5.82 Å². The molecule has 2 aromatic rings. The quantitative estimate of drug-likeness (QED) is 0.914. The van der Waals surface area contributed by atoms with Crippen LogP contribution >= 0.6 is 0 Å². The monoisotopic (exact) mass is 287 g/mol. The van der Waals surface area contributed by atoms with Crippen LogP contribution in [0.5, 0.6) is 0 Å². The first-order valence-corrected chi connectivity index (χ1v) is 7.13. The summed E-state index contributed by atoms with van der Waals surface area (Å²) in [7, 11) is 1.96. The van der Waals surface area contributed by atoms with Gasteiger partial charge in [0.2, 0.25) is 0 Å². The molecule has 0 aliphatic rings. The first-order chi connectivity index (χ1) is 9.88. The van der Waals surface area contributed by atoms with Crippen molar-refractivity contribution in [2.24, 2.45) is 0 Å². The summed E-state index contributed by atoms with van der Waals surface area (Å²) in [6.07, 6.45) is -0.699. The zero-order valence-corrected chi connectivity index (χ0v) is 13.0. The van der Waals surface area contributed by atoms with Gasteiger partial charge in [-0.1, -0.05) is 29.8 Å². The van der Waals surface area contributed by atoms with E-state index in [2.05, 4.69) is 25.1 Å². The van der Waals surface area contributed by atoms with Crippen molar-refractivity contribution < 1.29 is 9.50 Å². The molecular weight excluding hydrogens is 265 g/mol. The molecular formula is C18H22FNO. The zero-order valence-electron chi connectivity index (χ0n) is 13.0. The Morgan fingerprint density at radius 2 is 1.90 bits per heavy atom. The maximum absolute atomic E-state index is 13.7. The Morgan fingerprint density at radius 1 is 1.19 bits per heavy atom. The third kappa shape index (κ3) is 3.61. The highest BCUT2D eigenvalue weighted by Crippen LogP contribution is 2.29. The van der Waals surface area contributed by atoms with Gasteiger partial charge in [0.25, 0.3) is 0 Å². The molecule has 0 saturated carbocycles. The van der Waals surface area contributed by atoms with Crippen molar-refractivity contribution in [3.63, 3.8) is 0 Å². The second-order valence-corrected chi connectivity index (χ2v) is 5.68. The number of aryl methyl sites for hydroxylation is 2. The summed E-state index contributed by atoms with van der Waals surface area (Å²) < 4.78 is 13.7. The van der Waals surface area contributed by atoms with E-state index in [1.54, 1.807) is 19.9 Å². The lowest BCUT2D eigenvalue weighted by Crippen LogP contribution is -2.19. The molecule has 2 nitrogen and oxygen atoms in total. The molecule has 1 N–H and O–H groups in total. The Bertz CT molecular complexity index is 637. The number of aliphatic hydroxyl groups is 1. The van der Waals surface area contributed by atoms with Crippen LogP contribution in [0, 0.1) is 19.7 Å². The second-order valence-electron chi connectivity index (χ2n) is 5.68. The molecule has 0 spiro atoms. The second kappa shape index (κ2) is 6.27. The maximum atomic E-state index is 13.7. The third-order valence-electron chi connectivity index (χ3n) is 3.67. The van der Waals surface area contributed by atoms with Crippen molar-refractivity contribution in [3.8, 4) is 0 Å². The summed E-state index contributed by atoms with van der Waals surface area (Å²) in [4.78, 5) is 2.04. The van der Waals surface area contributed by atoms with Crippen molar-refractivity contribution in [2.75, 3.05) is 11.9 Å². The number of halogens is 1. The predicted octanol–water partition coefficient (Wildman–Crippen LogP) is 4.13. The number of rotatable bonds is 4. The minimum Gasteiger partial charge on any atom is -0.389 e. The minimum absolute atomic E-state index is 0.279. The van der Waals surface area contributed by atoms with Gasteiger partial charge in [0.05, 0.1) is 6.10 Å². The van der Waals surface area contributed by atoms with Gasteiger partial charge in [0.15, 0.2) is 0 Å². The Balaban J connectivity index is 2.34. The van der Waals surface area contributed by atoms with Crippen LogP contribution in [0.3, 0.4) is 0 Å². The molecule has 0 amide bonds. The SMILES string of the molecule is Cc1cccc(CN(C)c2cc(C)c(F)cc2[C@H](C)O)c1. The predicted molar refractivity (Wildman–Crippen MR) is 85.1 cm³/mol. The normalized spacial score (nSPS) is 12.3. The van der Waals surface area contributed by atoms with E-state index in [4.69, 9.17) is 0 Å². The van der Waals surface area contributed by atoms with Crippen LogP contribution in [0.4, 0.5) is 10.1 Å². The van der Waals surface area contributed by atoms with E-state index >= 15 is 0 Å². The largest absolute Gasteiger partial charge is 0.389 e. The smallest absolute Gasteiger partial charge is 0.126 e. The molecule has 21 heavy (non-hydrogen) atoms. The molecule has 0 radical (unpaired) electrons. The molecule has 0 saturated heterocycles. The number of nitrogens with zero attached hydrogens (tertiary/aromatic N) is 1. The fraction of sp³-hybridized carbons (Fsp3) is 0.333. The average molecular weight is 287 g/mol. The maximum Gasteiger partial charge on any atom is 0.126 e. The molecule has 0 bridgehead atoms. The van der Waals surface area contributed by atoms with Gasteiger partial charge in [-0.2, -0.15) is 0 Å². The van der Waals surface area contributed by atoms with Crippen LogP contribution in [-0.4, -0.2) is 12.2 Å². The highest BCUT2D eigenvalue weighted by Gasteiger charge is 2.15. The number of hydrogen-bond donors (Lipinski definition) is 1. The summed E-state index contributed by atoms with van der Waals surface area (Å²) in [5.41, 5.74) is 4.48. The lowest BCUT2D eigenvalue weighted by atomic mass is 10.0. The Hall–Kier alpha value is -1.87. The molecule has 112 valence electrons. The van der Waals surface area contributed by atoms with Gasteiger partial charge in [0.1, 0.15) is 5.82 Å². The molecule has 2 aromatic carbocycles. The Labute approximate surface area is 125 Å². The fourth-order valence-corrected chi connectivity index (χ4v) is 2.52. The standard InChI is InChI=1S/C18H22FNO/c1-12-6-5-7-15(8-12)11-20(4)18-9-13(2)17(19)10-16(18)14(3)21/h5-10,14,21H,11H2,1-4H3/t14-/m0/s1. The van der Waals surface area contributed by atoms with Gasteiger partial charge >= 0.3 is 0 Å². The minimum atomic E-state index is -0.699. The topological polar surface area (TPSA) is 23.5 Å². The number of aliphatic hydroxyl groups excluding tert-OH is 1. The number of benzene rings is 2. The highest BCUT2D eigenvalue weighted by molar-refractivity contribution is 5.56. The van der Waals surface area contributed by atoms with E-state index in [0.717, 1.165) is 5.69 Å². The van der Waals surface area contributed by atoms with Crippen LogP contribution in [0.25, 0.3) is 0 Å². The van der Waals surface area contributed by atoms with Crippen molar-refractivity contribution in [1.82, 2.24) is 0 Å². The number of anilines is 1. The van der Waals surface area contributed by atoms with Gasteiger partial charge in [0, 0.05) is 24.8 Å². The van der Waals surface area contributed by atoms with Crippen LogP contribution in [0.1, 0.15) is 35.3 Å². The first-order valence-electron chi connectivity index (χ1n) is 7.13. The lowest BCUT2D eigenvalue weighted by Gasteiger charge is -2.25. The summed E-state index contributed by atoms with van der Waals surface area (Å²) >= 11 is 0. The summed E-state index contributed by atoms with van der Waals surface area (Å²) in [6.45, 7) is 6.18. The molecule has 0 aliphatic carbocycles. The van der Waals surface area contributed by atoms with Crippen molar-refractivity contribution >= 4 is 5.69 Å². The molecule has 0 fully saturated rings. The third-order valence-corrected chi connectivity index (χ3v) is 3.67. The Morgan fingerprint density at radius 3 is 2.52 bits per heavy atom. The molecule has 0 heterocycles. The van der Waals surface area contributed by atoms with Gasteiger partial charge in [-0.15, -0.1) is 0 Å². The van der Waals surface area contributed by atoms with E-state index in [1.807, 2.05) is 18.0 Å². The highest BCUT2D eigenvalue weighted by atomic mass is 19.1. The van der Waals surface area contributed by atoms with E-state index in [1.165, 1.54) is 17.2 Å². The molecule has 1 atom stereocenters. The lowest BCUT2D eigenvalue weighted by molar-refractivity contribution is 0.199. The van der Waals surface area contributed by atoms with E-state index in [0.29, 0.717) is 17.7 Å². The van der Waals surface area contributed by atoms with Crippen LogP contribution < -0.4 is 4.90 Å². The van der Waals surface area contributed by atoms with Crippen molar-refractivity contribution in [3.05, 3.63) is 64.5 Å². The van der Waals surface area contributed by atoms with Gasteiger partial charge in [-0.3, -0.25) is 0 Å². The Kier molecular flexibility index (Phi) is 4.63. The molecule has 0 unspecified atom stereocenters.